The molecule has 1 atom stereocenters. The normalized spacial score (nSPS) is 19.4. The third-order valence-electron chi connectivity index (χ3n) is 3.36. The van der Waals surface area contributed by atoms with Gasteiger partial charge in [0.15, 0.2) is 0 Å². The van der Waals surface area contributed by atoms with Gasteiger partial charge >= 0.3 is 0 Å². The fraction of sp³-hybridized carbons (Fsp3) is 0.917. The molecule has 1 amide bonds. The van der Waals surface area contributed by atoms with Gasteiger partial charge in [-0.05, 0) is 20.8 Å². The molecule has 4 nitrogen and oxygen atoms in total. The molecule has 0 saturated carbocycles. The molecule has 0 aromatic rings. The van der Waals surface area contributed by atoms with Crippen LogP contribution in [-0.2, 0) is 4.79 Å². The molecule has 1 aliphatic heterocycles. The number of rotatable bonds is 5. The van der Waals surface area contributed by atoms with Gasteiger partial charge in [-0.2, -0.15) is 0 Å². The molecule has 1 saturated heterocycles. The minimum absolute atomic E-state index is 0.288. The van der Waals surface area contributed by atoms with Crippen molar-refractivity contribution in [3.05, 3.63) is 0 Å². The molecule has 1 aliphatic rings. The second-order valence-corrected chi connectivity index (χ2v) is 4.41. The quantitative estimate of drug-likeness (QED) is 0.744. The molecule has 0 aliphatic carbocycles. The lowest BCUT2D eigenvalue weighted by Gasteiger charge is -2.33. The van der Waals surface area contributed by atoms with Crippen LogP contribution in [0.25, 0.3) is 0 Å². The number of piperazine rings is 1. The van der Waals surface area contributed by atoms with Gasteiger partial charge in [0, 0.05) is 51.7 Å². The third-order valence-corrected chi connectivity index (χ3v) is 3.36. The van der Waals surface area contributed by atoms with Crippen molar-refractivity contribution < 1.29 is 4.79 Å². The summed E-state index contributed by atoms with van der Waals surface area (Å²) in [5.41, 5.74) is 0. The van der Waals surface area contributed by atoms with Crippen molar-refractivity contribution in [2.24, 2.45) is 0 Å². The van der Waals surface area contributed by atoms with Crippen LogP contribution < -0.4 is 5.32 Å². The van der Waals surface area contributed by atoms with Gasteiger partial charge < -0.3 is 10.2 Å². The fourth-order valence-corrected chi connectivity index (χ4v) is 2.21. The maximum Gasteiger partial charge on any atom is 0.224 e. The smallest absolute Gasteiger partial charge is 0.224 e. The Labute approximate surface area is 99.0 Å². The van der Waals surface area contributed by atoms with Crippen LogP contribution in [0.1, 0.15) is 27.2 Å². The minimum Gasteiger partial charge on any atom is -0.343 e. The van der Waals surface area contributed by atoms with E-state index in [1.807, 2.05) is 18.7 Å². The molecule has 1 fully saturated rings. The van der Waals surface area contributed by atoms with E-state index in [4.69, 9.17) is 0 Å². The molecule has 0 aromatic carbocycles. The molecule has 0 spiro atoms. The van der Waals surface area contributed by atoms with Crippen LogP contribution in [0.3, 0.4) is 0 Å². The second-order valence-electron chi connectivity index (χ2n) is 4.41. The van der Waals surface area contributed by atoms with E-state index >= 15 is 0 Å². The van der Waals surface area contributed by atoms with E-state index in [0.29, 0.717) is 12.5 Å². The zero-order chi connectivity index (χ0) is 12.0. The van der Waals surface area contributed by atoms with Crippen LogP contribution in [0.15, 0.2) is 0 Å². The summed E-state index contributed by atoms with van der Waals surface area (Å²) in [4.78, 5) is 16.3. The molecule has 1 N–H and O–H groups in total. The molecule has 0 radical (unpaired) electrons. The number of hydrogen-bond donors (Lipinski definition) is 1. The largest absolute Gasteiger partial charge is 0.343 e. The second kappa shape index (κ2) is 6.86. The highest BCUT2D eigenvalue weighted by Gasteiger charge is 2.20. The molecule has 94 valence electrons. The third kappa shape index (κ3) is 3.76. The summed E-state index contributed by atoms with van der Waals surface area (Å²) in [7, 11) is 0. The van der Waals surface area contributed by atoms with E-state index < -0.39 is 0 Å². The lowest BCUT2D eigenvalue weighted by atomic mass is 10.1. The summed E-state index contributed by atoms with van der Waals surface area (Å²) in [5.74, 6) is 0.288. The molecule has 1 heterocycles. The van der Waals surface area contributed by atoms with E-state index in [1.54, 1.807) is 0 Å². The predicted molar refractivity (Wildman–Crippen MR) is 66.4 cm³/mol. The number of nitrogens with zero attached hydrogens (tertiary/aromatic N) is 2. The van der Waals surface area contributed by atoms with E-state index in [2.05, 4.69) is 17.1 Å². The van der Waals surface area contributed by atoms with Crippen LogP contribution in [0.5, 0.6) is 0 Å². The van der Waals surface area contributed by atoms with Gasteiger partial charge in [0.2, 0.25) is 5.91 Å². The molecule has 0 bridgehead atoms. The Kier molecular flexibility index (Phi) is 5.77. The van der Waals surface area contributed by atoms with Crippen LogP contribution in [0, 0.1) is 0 Å². The van der Waals surface area contributed by atoms with Gasteiger partial charge in [0.1, 0.15) is 0 Å². The van der Waals surface area contributed by atoms with Crippen LogP contribution in [0.4, 0.5) is 0 Å². The Morgan fingerprint density at radius 1 is 1.31 bits per heavy atom. The zero-order valence-electron chi connectivity index (χ0n) is 10.8. The van der Waals surface area contributed by atoms with Gasteiger partial charge in [-0.15, -0.1) is 0 Å². The Balaban J connectivity index is 2.36. The van der Waals surface area contributed by atoms with E-state index in [9.17, 15) is 4.79 Å². The van der Waals surface area contributed by atoms with Crippen LogP contribution in [0.2, 0.25) is 0 Å². The van der Waals surface area contributed by atoms with Crippen molar-refractivity contribution in [2.45, 2.75) is 33.2 Å². The summed E-state index contributed by atoms with van der Waals surface area (Å²) in [6.45, 7) is 12.1. The number of amides is 1. The lowest BCUT2D eigenvalue weighted by molar-refractivity contribution is -0.132. The minimum atomic E-state index is 0.288. The van der Waals surface area contributed by atoms with E-state index in [-0.39, 0.29) is 5.91 Å². The highest BCUT2D eigenvalue weighted by Crippen LogP contribution is 2.07. The SMILES string of the molecule is CCN(CC)C(=O)CC(C)N1CCNCC1. The number of hydrogen-bond acceptors (Lipinski definition) is 3. The number of carbonyl (C=O) groups excluding carboxylic acids is 1. The van der Waals surface area contributed by atoms with Crippen LogP contribution in [-0.4, -0.2) is 61.0 Å². The molecule has 1 unspecified atom stereocenters. The number of nitrogens with one attached hydrogen (secondary N) is 1. The predicted octanol–water partition coefficient (Wildman–Crippen LogP) is 0.539. The fourth-order valence-electron chi connectivity index (χ4n) is 2.21. The molecular formula is C12H25N3O. The van der Waals surface area contributed by atoms with Crippen molar-refractivity contribution in [3.63, 3.8) is 0 Å². The van der Waals surface area contributed by atoms with Crippen LogP contribution >= 0.6 is 0 Å². The number of carbonyl (C=O) groups is 1. The summed E-state index contributed by atoms with van der Waals surface area (Å²) in [6.07, 6.45) is 0.654. The summed E-state index contributed by atoms with van der Waals surface area (Å²) >= 11 is 0. The summed E-state index contributed by atoms with van der Waals surface area (Å²) in [5, 5.41) is 3.33. The summed E-state index contributed by atoms with van der Waals surface area (Å²) < 4.78 is 0. The standard InChI is InChI=1S/C12H25N3O/c1-4-14(5-2)12(16)10-11(3)15-8-6-13-7-9-15/h11,13H,4-10H2,1-3H3. The maximum atomic E-state index is 11.9. The molecule has 0 aromatic heterocycles. The van der Waals surface area contributed by atoms with Gasteiger partial charge in [-0.3, -0.25) is 9.69 Å². The highest BCUT2D eigenvalue weighted by atomic mass is 16.2. The lowest BCUT2D eigenvalue weighted by Crippen LogP contribution is -2.49. The van der Waals surface area contributed by atoms with Gasteiger partial charge in [-0.1, -0.05) is 0 Å². The molecular weight excluding hydrogens is 202 g/mol. The molecule has 4 heteroatoms. The first-order chi connectivity index (χ1) is 7.69. The van der Waals surface area contributed by atoms with Gasteiger partial charge in [-0.25, -0.2) is 0 Å². The van der Waals surface area contributed by atoms with Crippen molar-refractivity contribution >= 4 is 5.91 Å². The Hall–Kier alpha value is -0.610. The molecule has 1 rings (SSSR count). The Morgan fingerprint density at radius 2 is 1.88 bits per heavy atom. The first kappa shape index (κ1) is 13.5. The molecule has 16 heavy (non-hydrogen) atoms. The van der Waals surface area contributed by atoms with Gasteiger partial charge in [0.05, 0.1) is 0 Å². The highest BCUT2D eigenvalue weighted by molar-refractivity contribution is 5.76. The van der Waals surface area contributed by atoms with E-state index in [1.165, 1.54) is 0 Å². The monoisotopic (exact) mass is 227 g/mol. The Morgan fingerprint density at radius 3 is 2.38 bits per heavy atom. The average molecular weight is 227 g/mol. The average Bonchev–Trinajstić information content (AvgIpc) is 2.31. The maximum absolute atomic E-state index is 11.9. The Bertz CT molecular complexity index is 210. The summed E-state index contributed by atoms with van der Waals surface area (Å²) in [6, 6.07) is 0.371. The van der Waals surface area contributed by atoms with Crippen molar-refractivity contribution in [1.29, 1.82) is 0 Å². The van der Waals surface area contributed by atoms with Crippen molar-refractivity contribution in [3.8, 4) is 0 Å². The topological polar surface area (TPSA) is 35.6 Å². The first-order valence-electron chi connectivity index (χ1n) is 6.41. The van der Waals surface area contributed by atoms with Crippen molar-refractivity contribution in [2.75, 3.05) is 39.3 Å². The van der Waals surface area contributed by atoms with E-state index in [0.717, 1.165) is 39.3 Å². The first-order valence-corrected chi connectivity index (χ1v) is 6.41. The van der Waals surface area contributed by atoms with Crippen molar-refractivity contribution in [1.82, 2.24) is 15.1 Å². The van der Waals surface area contributed by atoms with Gasteiger partial charge in [0.25, 0.3) is 0 Å². The zero-order valence-corrected chi connectivity index (χ0v) is 10.8.